The SMILES string of the molecule is CCC(NC(=O)COCCOCCNC(=O)CCCS(=O)(=O)NC(=O)CC(C)(C)CC(C)(C)Cc1nnn[nH]1)C(=O)O. The number of sulfonamides is 1. The summed E-state index contributed by atoms with van der Waals surface area (Å²) in [7, 11) is -3.90. The van der Waals surface area contributed by atoms with Gasteiger partial charge in [-0.15, -0.1) is 5.10 Å². The molecule has 42 heavy (non-hydrogen) atoms. The Kier molecular flexibility index (Phi) is 15.5. The summed E-state index contributed by atoms with van der Waals surface area (Å²) < 4.78 is 37.2. The first kappa shape index (κ1) is 36.8. The molecule has 240 valence electrons. The highest BCUT2D eigenvalue weighted by Crippen LogP contribution is 2.37. The summed E-state index contributed by atoms with van der Waals surface area (Å²) in [5.41, 5.74) is -0.725. The van der Waals surface area contributed by atoms with E-state index in [0.29, 0.717) is 18.7 Å². The number of rotatable bonds is 22. The lowest BCUT2D eigenvalue weighted by Crippen LogP contribution is -2.42. The van der Waals surface area contributed by atoms with Gasteiger partial charge in [0.2, 0.25) is 27.7 Å². The molecule has 0 fully saturated rings. The zero-order chi connectivity index (χ0) is 31.8. The Morgan fingerprint density at radius 3 is 2.31 bits per heavy atom. The molecule has 5 N–H and O–H groups in total. The highest BCUT2D eigenvalue weighted by Gasteiger charge is 2.32. The van der Waals surface area contributed by atoms with Gasteiger partial charge in [-0.05, 0) is 40.5 Å². The molecule has 16 nitrogen and oxygen atoms in total. The molecule has 0 aliphatic rings. The van der Waals surface area contributed by atoms with Gasteiger partial charge >= 0.3 is 5.97 Å². The van der Waals surface area contributed by atoms with Crippen LogP contribution in [0.3, 0.4) is 0 Å². The summed E-state index contributed by atoms with van der Waals surface area (Å²) >= 11 is 0. The minimum absolute atomic E-state index is 0.00703. The average molecular weight is 620 g/mol. The van der Waals surface area contributed by atoms with Gasteiger partial charge in [0.15, 0.2) is 0 Å². The molecule has 17 heteroatoms. The predicted molar refractivity (Wildman–Crippen MR) is 150 cm³/mol. The molecule has 1 aromatic rings. The van der Waals surface area contributed by atoms with Gasteiger partial charge in [-0.3, -0.25) is 19.1 Å². The molecular weight excluding hydrogens is 574 g/mol. The molecule has 0 bridgehead atoms. The zero-order valence-corrected chi connectivity index (χ0v) is 25.8. The molecular formula is C25H45N7O9S. The molecule has 1 unspecified atom stereocenters. The number of aliphatic carboxylic acids is 1. The number of ether oxygens (including phenoxy) is 2. The normalized spacial score (nSPS) is 12.9. The van der Waals surface area contributed by atoms with Crippen LogP contribution in [0.2, 0.25) is 0 Å². The number of tetrazole rings is 1. The van der Waals surface area contributed by atoms with Crippen molar-refractivity contribution in [2.45, 2.75) is 79.2 Å². The average Bonchev–Trinajstić information content (AvgIpc) is 3.34. The van der Waals surface area contributed by atoms with Crippen LogP contribution in [0, 0.1) is 10.8 Å². The molecule has 0 saturated carbocycles. The third-order valence-electron chi connectivity index (χ3n) is 5.93. The summed E-state index contributed by atoms with van der Waals surface area (Å²) in [4.78, 5) is 47.0. The third-order valence-corrected chi connectivity index (χ3v) is 7.30. The van der Waals surface area contributed by atoms with Crippen molar-refractivity contribution in [2.75, 3.05) is 38.7 Å². The number of nitrogens with one attached hydrogen (secondary N) is 4. The van der Waals surface area contributed by atoms with E-state index in [1.54, 1.807) is 6.92 Å². The maximum absolute atomic E-state index is 12.5. The van der Waals surface area contributed by atoms with Crippen molar-refractivity contribution in [3.8, 4) is 0 Å². The highest BCUT2D eigenvalue weighted by molar-refractivity contribution is 7.90. The van der Waals surface area contributed by atoms with Crippen LogP contribution >= 0.6 is 0 Å². The van der Waals surface area contributed by atoms with Crippen LogP contribution in [0.15, 0.2) is 0 Å². The Labute approximate surface area is 246 Å². The van der Waals surface area contributed by atoms with Crippen molar-refractivity contribution in [1.82, 2.24) is 36.0 Å². The molecule has 1 atom stereocenters. The number of hydrogen-bond donors (Lipinski definition) is 5. The quantitative estimate of drug-likeness (QED) is 0.107. The Morgan fingerprint density at radius 2 is 1.69 bits per heavy atom. The van der Waals surface area contributed by atoms with Gasteiger partial charge in [-0.1, -0.05) is 34.6 Å². The van der Waals surface area contributed by atoms with Gasteiger partial charge in [-0.25, -0.2) is 18.3 Å². The second kappa shape index (κ2) is 17.7. The van der Waals surface area contributed by atoms with E-state index in [9.17, 15) is 27.6 Å². The summed E-state index contributed by atoms with van der Waals surface area (Å²) in [6.07, 6.45) is 1.45. The molecule has 0 radical (unpaired) electrons. The van der Waals surface area contributed by atoms with Crippen LogP contribution in [-0.4, -0.2) is 103 Å². The number of carboxylic acid groups (broad SMARTS) is 1. The van der Waals surface area contributed by atoms with Crippen molar-refractivity contribution >= 4 is 33.7 Å². The number of carboxylic acids is 1. The smallest absolute Gasteiger partial charge is 0.326 e. The molecule has 0 saturated heterocycles. The predicted octanol–water partition coefficient (Wildman–Crippen LogP) is -0.0702. The van der Waals surface area contributed by atoms with Gasteiger partial charge in [0.25, 0.3) is 0 Å². The minimum Gasteiger partial charge on any atom is -0.480 e. The van der Waals surface area contributed by atoms with E-state index in [1.807, 2.05) is 27.7 Å². The van der Waals surface area contributed by atoms with Crippen LogP contribution in [0.1, 0.15) is 72.5 Å². The molecule has 3 amide bonds. The number of aromatic amines is 1. The lowest BCUT2D eigenvalue weighted by molar-refractivity contribution is -0.142. The number of carbonyl (C=O) groups excluding carboxylic acids is 3. The monoisotopic (exact) mass is 619 g/mol. The topological polar surface area (TPSA) is 232 Å². The van der Waals surface area contributed by atoms with E-state index >= 15 is 0 Å². The van der Waals surface area contributed by atoms with E-state index in [1.165, 1.54) is 0 Å². The standard InChI is InChI=1S/C25H45N7O9S/c1-6-18(23(36)37)27-22(35)16-41-12-11-40-10-9-26-20(33)8-7-13-42(38,39)30-21(34)15-25(4,5)17-24(2,3)14-19-28-31-32-29-19/h18H,6-17H2,1-5H3,(H,26,33)(H,27,35)(H,30,34)(H,36,37)(H,28,29,31,32). The third kappa shape index (κ3) is 16.9. The van der Waals surface area contributed by atoms with E-state index < -0.39 is 39.3 Å². The molecule has 0 aliphatic heterocycles. The Hall–Kier alpha value is -3.18. The van der Waals surface area contributed by atoms with Gasteiger partial charge in [-0.2, -0.15) is 0 Å². The summed E-state index contributed by atoms with van der Waals surface area (Å²) in [5, 5.41) is 27.6. The zero-order valence-electron chi connectivity index (χ0n) is 25.0. The van der Waals surface area contributed by atoms with Crippen LogP contribution < -0.4 is 15.4 Å². The second-order valence-corrected chi connectivity index (χ2v) is 13.4. The Morgan fingerprint density at radius 1 is 1.00 bits per heavy atom. The van der Waals surface area contributed by atoms with E-state index in [-0.39, 0.29) is 75.7 Å². The lowest BCUT2D eigenvalue weighted by atomic mass is 9.71. The number of hydrogen-bond acceptors (Lipinski definition) is 11. The Bertz CT molecular complexity index is 1110. The van der Waals surface area contributed by atoms with E-state index in [2.05, 4.69) is 36.0 Å². The number of carbonyl (C=O) groups is 4. The van der Waals surface area contributed by atoms with Crippen LogP contribution in [0.4, 0.5) is 0 Å². The Balaban J connectivity index is 2.19. The molecule has 0 aliphatic carbocycles. The number of aromatic nitrogens is 4. The van der Waals surface area contributed by atoms with Crippen molar-refractivity contribution in [2.24, 2.45) is 10.8 Å². The summed E-state index contributed by atoms with van der Waals surface area (Å²) in [6.45, 7) is 9.80. The van der Waals surface area contributed by atoms with E-state index in [4.69, 9.17) is 14.6 Å². The summed E-state index contributed by atoms with van der Waals surface area (Å²) in [6, 6.07) is -0.962. The first-order chi connectivity index (χ1) is 19.5. The highest BCUT2D eigenvalue weighted by atomic mass is 32.2. The van der Waals surface area contributed by atoms with Crippen molar-refractivity contribution in [1.29, 1.82) is 0 Å². The molecule has 0 spiro atoms. The maximum Gasteiger partial charge on any atom is 0.326 e. The fraction of sp³-hybridized carbons (Fsp3) is 0.800. The van der Waals surface area contributed by atoms with Crippen LogP contribution in [0.25, 0.3) is 0 Å². The molecule has 1 aromatic heterocycles. The fourth-order valence-corrected chi connectivity index (χ4v) is 5.60. The van der Waals surface area contributed by atoms with Crippen molar-refractivity contribution < 1.29 is 42.2 Å². The van der Waals surface area contributed by atoms with Gasteiger partial charge < -0.3 is 25.2 Å². The van der Waals surface area contributed by atoms with Crippen LogP contribution in [-0.2, 0) is 45.1 Å². The van der Waals surface area contributed by atoms with Gasteiger partial charge in [0, 0.05) is 25.8 Å². The van der Waals surface area contributed by atoms with Crippen molar-refractivity contribution in [3.05, 3.63) is 5.82 Å². The van der Waals surface area contributed by atoms with Gasteiger partial charge in [0.1, 0.15) is 18.5 Å². The number of amides is 3. The first-order valence-corrected chi connectivity index (χ1v) is 15.4. The molecule has 1 rings (SSSR count). The van der Waals surface area contributed by atoms with Crippen molar-refractivity contribution in [3.63, 3.8) is 0 Å². The number of H-pyrrole nitrogens is 1. The fourth-order valence-electron chi connectivity index (χ4n) is 4.56. The maximum atomic E-state index is 12.5. The summed E-state index contributed by atoms with van der Waals surface area (Å²) in [5.74, 6) is -2.36. The van der Waals surface area contributed by atoms with E-state index in [0.717, 1.165) is 0 Å². The molecule has 1 heterocycles. The largest absolute Gasteiger partial charge is 0.480 e. The van der Waals surface area contributed by atoms with Crippen LogP contribution in [0.5, 0.6) is 0 Å². The molecule has 0 aromatic carbocycles. The second-order valence-electron chi connectivity index (χ2n) is 11.5. The lowest BCUT2D eigenvalue weighted by Gasteiger charge is -2.34. The minimum atomic E-state index is -3.90. The number of nitrogens with zero attached hydrogens (tertiary/aromatic N) is 3. The first-order valence-electron chi connectivity index (χ1n) is 13.7. The van der Waals surface area contributed by atoms with Gasteiger partial charge in [0.05, 0.1) is 25.6 Å².